The zero-order chi connectivity index (χ0) is 14.8. The van der Waals surface area contributed by atoms with Crippen molar-refractivity contribution in [2.24, 2.45) is 5.41 Å². The summed E-state index contributed by atoms with van der Waals surface area (Å²) in [7, 11) is 0. The lowest BCUT2D eigenvalue weighted by Crippen LogP contribution is -2.60. The first-order chi connectivity index (χ1) is 9.30. The van der Waals surface area contributed by atoms with Gasteiger partial charge in [0.15, 0.2) is 5.60 Å². The number of aliphatic hydroxyl groups is 1. The summed E-state index contributed by atoms with van der Waals surface area (Å²) in [6.45, 7) is 10.4. The Kier molecular flexibility index (Phi) is 5.03. The highest BCUT2D eigenvalue weighted by Crippen LogP contribution is 2.27. The maximum Gasteiger partial charge on any atom is 0.255 e. The third kappa shape index (κ3) is 4.12. The highest BCUT2D eigenvalue weighted by atomic mass is 32.2. The molecule has 2 saturated heterocycles. The van der Waals surface area contributed by atoms with E-state index in [0.717, 1.165) is 44.1 Å². The van der Waals surface area contributed by atoms with Gasteiger partial charge in [-0.1, -0.05) is 20.8 Å². The third-order valence-corrected chi connectivity index (χ3v) is 4.90. The molecule has 2 heterocycles. The molecule has 0 aromatic carbocycles. The van der Waals surface area contributed by atoms with Crippen LogP contribution in [-0.2, 0) is 4.79 Å². The fraction of sp³-hybridized carbons (Fsp3) is 0.933. The molecule has 2 aliphatic rings. The Morgan fingerprint density at radius 1 is 1.25 bits per heavy atom. The van der Waals surface area contributed by atoms with Crippen LogP contribution >= 0.6 is 11.8 Å². The predicted molar refractivity (Wildman–Crippen MR) is 84.0 cm³/mol. The topological polar surface area (TPSA) is 43.8 Å². The highest BCUT2D eigenvalue weighted by Gasteiger charge is 2.44. The molecule has 0 aromatic rings. The molecular formula is C15H28N2O2S. The summed E-state index contributed by atoms with van der Waals surface area (Å²) >= 11 is 1.95. The molecule has 0 radical (unpaired) electrons. The normalized spacial score (nSPS) is 29.8. The van der Waals surface area contributed by atoms with Crippen LogP contribution in [0, 0.1) is 5.41 Å². The summed E-state index contributed by atoms with van der Waals surface area (Å²) < 4.78 is 0. The maximum atomic E-state index is 12.6. The largest absolute Gasteiger partial charge is 0.379 e. The Bertz CT molecular complexity index is 350. The molecule has 20 heavy (non-hydrogen) atoms. The monoisotopic (exact) mass is 300 g/mol. The summed E-state index contributed by atoms with van der Waals surface area (Å²) in [6.07, 6.45) is 1.51. The number of likely N-dealkylation sites (tertiary alicyclic amines) is 1. The van der Waals surface area contributed by atoms with Crippen molar-refractivity contribution in [3.63, 3.8) is 0 Å². The molecule has 5 heteroatoms. The number of hydrogen-bond donors (Lipinski definition) is 1. The number of carbonyl (C=O) groups excluding carboxylic acids is 1. The first-order valence-electron chi connectivity index (χ1n) is 7.62. The molecule has 0 saturated carbocycles. The second-order valence-electron chi connectivity index (χ2n) is 7.31. The average molecular weight is 300 g/mol. The first kappa shape index (κ1) is 16.1. The van der Waals surface area contributed by atoms with E-state index in [1.807, 2.05) is 16.7 Å². The number of carbonyl (C=O) groups is 1. The Balaban J connectivity index is 2.00. The van der Waals surface area contributed by atoms with E-state index >= 15 is 0 Å². The van der Waals surface area contributed by atoms with Gasteiger partial charge in [-0.25, -0.2) is 0 Å². The molecule has 2 fully saturated rings. The van der Waals surface area contributed by atoms with Crippen molar-refractivity contribution < 1.29 is 9.90 Å². The number of hydrogen-bond acceptors (Lipinski definition) is 4. The zero-order valence-corrected chi connectivity index (χ0v) is 13.8. The maximum absolute atomic E-state index is 12.6. The Labute approximate surface area is 126 Å². The van der Waals surface area contributed by atoms with Crippen LogP contribution in [-0.4, -0.2) is 70.6 Å². The van der Waals surface area contributed by atoms with Crippen LogP contribution in [0.15, 0.2) is 0 Å². The van der Waals surface area contributed by atoms with Crippen LogP contribution in [0.25, 0.3) is 0 Å². The van der Waals surface area contributed by atoms with Crippen LogP contribution in [0.3, 0.4) is 0 Å². The van der Waals surface area contributed by atoms with E-state index in [2.05, 4.69) is 25.7 Å². The minimum Gasteiger partial charge on any atom is -0.379 e. The van der Waals surface area contributed by atoms with Crippen LogP contribution in [0.1, 0.15) is 33.6 Å². The summed E-state index contributed by atoms with van der Waals surface area (Å²) in [5, 5.41) is 10.8. The Morgan fingerprint density at radius 2 is 1.90 bits per heavy atom. The van der Waals surface area contributed by atoms with Crippen LogP contribution in [0.4, 0.5) is 0 Å². The SMILES string of the molecule is CC(C)(C)CN1CCCC(O)(CN2CCSCC2)C1=O. The molecule has 1 N–H and O–H groups in total. The number of amides is 1. The van der Waals surface area contributed by atoms with Gasteiger partial charge >= 0.3 is 0 Å². The van der Waals surface area contributed by atoms with Gasteiger partial charge in [-0.05, 0) is 18.3 Å². The van der Waals surface area contributed by atoms with Gasteiger partial charge in [0.2, 0.25) is 0 Å². The van der Waals surface area contributed by atoms with E-state index in [0.29, 0.717) is 13.0 Å². The van der Waals surface area contributed by atoms with Gasteiger partial charge in [0.25, 0.3) is 5.91 Å². The number of rotatable bonds is 3. The van der Waals surface area contributed by atoms with E-state index in [9.17, 15) is 9.90 Å². The lowest BCUT2D eigenvalue weighted by Gasteiger charge is -2.43. The molecule has 0 spiro atoms. The number of thioether (sulfide) groups is 1. The van der Waals surface area contributed by atoms with Gasteiger partial charge in [-0.2, -0.15) is 11.8 Å². The van der Waals surface area contributed by atoms with Crippen molar-refractivity contribution in [3.8, 4) is 0 Å². The lowest BCUT2D eigenvalue weighted by atomic mass is 9.88. The van der Waals surface area contributed by atoms with Crippen molar-refractivity contribution in [1.29, 1.82) is 0 Å². The molecule has 0 aromatic heterocycles. The fourth-order valence-corrected chi connectivity index (χ4v) is 4.04. The van der Waals surface area contributed by atoms with Crippen molar-refractivity contribution in [2.75, 3.05) is 44.2 Å². The zero-order valence-electron chi connectivity index (χ0n) is 13.0. The van der Waals surface area contributed by atoms with Gasteiger partial charge < -0.3 is 10.0 Å². The molecule has 2 rings (SSSR count). The Hall–Kier alpha value is -0.260. The number of β-amino-alcohol motifs (C(OH)–C–C–N with tert-alkyl or cyclic N) is 1. The van der Waals surface area contributed by atoms with E-state index < -0.39 is 5.60 Å². The third-order valence-electron chi connectivity index (χ3n) is 3.96. The van der Waals surface area contributed by atoms with Gasteiger partial charge in [-0.15, -0.1) is 0 Å². The minimum absolute atomic E-state index is 0.0584. The van der Waals surface area contributed by atoms with Crippen LogP contribution in [0.5, 0.6) is 0 Å². The summed E-state index contributed by atoms with van der Waals surface area (Å²) in [6, 6.07) is 0. The number of nitrogens with zero attached hydrogens (tertiary/aromatic N) is 2. The molecule has 1 atom stereocenters. The van der Waals surface area contributed by atoms with Crippen molar-refractivity contribution >= 4 is 17.7 Å². The minimum atomic E-state index is -1.16. The second kappa shape index (κ2) is 6.24. The van der Waals surface area contributed by atoms with Crippen LogP contribution < -0.4 is 0 Å². The smallest absolute Gasteiger partial charge is 0.255 e. The summed E-state index contributed by atoms with van der Waals surface area (Å²) in [5.41, 5.74) is -1.08. The van der Waals surface area contributed by atoms with Crippen molar-refractivity contribution in [2.45, 2.75) is 39.2 Å². The van der Waals surface area contributed by atoms with Gasteiger partial charge in [0.05, 0.1) is 0 Å². The molecule has 0 aliphatic carbocycles. The molecule has 116 valence electrons. The second-order valence-corrected chi connectivity index (χ2v) is 8.54. The van der Waals surface area contributed by atoms with E-state index in [1.54, 1.807) is 0 Å². The fourth-order valence-electron chi connectivity index (χ4n) is 3.06. The molecular weight excluding hydrogens is 272 g/mol. The van der Waals surface area contributed by atoms with Crippen molar-refractivity contribution in [3.05, 3.63) is 0 Å². The standard InChI is InChI=1S/C15H28N2O2S/c1-14(2,3)11-17-6-4-5-15(19,13(17)18)12-16-7-9-20-10-8-16/h19H,4-12H2,1-3H3. The molecule has 1 unspecified atom stereocenters. The van der Waals surface area contributed by atoms with E-state index in [4.69, 9.17) is 0 Å². The van der Waals surface area contributed by atoms with Crippen LogP contribution in [0.2, 0.25) is 0 Å². The van der Waals surface area contributed by atoms with Gasteiger partial charge in [0.1, 0.15) is 0 Å². The van der Waals surface area contributed by atoms with Gasteiger partial charge in [-0.3, -0.25) is 9.69 Å². The van der Waals surface area contributed by atoms with E-state index in [1.165, 1.54) is 0 Å². The summed E-state index contributed by atoms with van der Waals surface area (Å²) in [5.74, 6) is 2.16. The Morgan fingerprint density at radius 3 is 2.50 bits per heavy atom. The average Bonchev–Trinajstić information content (AvgIpc) is 2.35. The van der Waals surface area contributed by atoms with Crippen molar-refractivity contribution in [1.82, 2.24) is 9.80 Å². The predicted octanol–water partition coefficient (Wildman–Crippen LogP) is 1.43. The molecule has 2 aliphatic heterocycles. The number of piperidine rings is 1. The highest BCUT2D eigenvalue weighted by molar-refractivity contribution is 7.99. The van der Waals surface area contributed by atoms with E-state index in [-0.39, 0.29) is 11.3 Å². The summed E-state index contributed by atoms with van der Waals surface area (Å²) in [4.78, 5) is 16.8. The van der Waals surface area contributed by atoms with Gasteiger partial charge in [0, 0.05) is 44.2 Å². The first-order valence-corrected chi connectivity index (χ1v) is 8.78. The molecule has 0 bridgehead atoms. The molecule has 1 amide bonds. The lowest BCUT2D eigenvalue weighted by molar-refractivity contribution is -0.160. The quantitative estimate of drug-likeness (QED) is 0.856. The molecule has 4 nitrogen and oxygen atoms in total.